The molecule has 1 fully saturated rings. The summed E-state index contributed by atoms with van der Waals surface area (Å²) in [5.41, 5.74) is 1.15. The fourth-order valence-corrected chi connectivity index (χ4v) is 1.82. The predicted molar refractivity (Wildman–Crippen MR) is 55.3 cm³/mol. The first-order chi connectivity index (χ1) is 6.85. The minimum Gasteiger partial charge on any atom is -0.312 e. The molecule has 1 N–H and O–H groups in total. The maximum atomic E-state index is 4.25. The van der Waals surface area contributed by atoms with E-state index in [0.717, 1.165) is 31.6 Å². The predicted octanol–water partition coefficient (Wildman–Crippen LogP) is 1.33. The molecule has 78 valence electrons. The molecule has 0 amide bonds. The van der Waals surface area contributed by atoms with Crippen LogP contribution in [-0.4, -0.2) is 28.1 Å². The van der Waals surface area contributed by atoms with Crippen LogP contribution in [0.15, 0.2) is 6.20 Å². The SMILES string of the molecule is CCC(CC)c1cn(C2CNC2)nn1. The number of hydrogen-bond donors (Lipinski definition) is 1. The summed E-state index contributed by atoms with van der Waals surface area (Å²) in [4.78, 5) is 0. The van der Waals surface area contributed by atoms with E-state index in [0.29, 0.717) is 12.0 Å². The minimum absolute atomic E-state index is 0.533. The number of aromatic nitrogens is 3. The van der Waals surface area contributed by atoms with E-state index in [2.05, 4.69) is 35.7 Å². The van der Waals surface area contributed by atoms with Crippen molar-refractivity contribution >= 4 is 0 Å². The van der Waals surface area contributed by atoms with Crippen LogP contribution in [0.4, 0.5) is 0 Å². The Kier molecular flexibility index (Phi) is 2.82. The van der Waals surface area contributed by atoms with Crippen molar-refractivity contribution in [3.63, 3.8) is 0 Å². The highest BCUT2D eigenvalue weighted by Gasteiger charge is 2.21. The number of nitrogens with one attached hydrogen (secondary N) is 1. The second-order valence-corrected chi connectivity index (χ2v) is 3.95. The lowest BCUT2D eigenvalue weighted by Gasteiger charge is -2.26. The quantitative estimate of drug-likeness (QED) is 0.786. The molecule has 4 nitrogen and oxygen atoms in total. The molecular formula is C10H18N4. The number of nitrogens with zero attached hydrogens (tertiary/aromatic N) is 3. The van der Waals surface area contributed by atoms with Gasteiger partial charge in [0.1, 0.15) is 0 Å². The lowest BCUT2D eigenvalue weighted by atomic mass is 10.0. The van der Waals surface area contributed by atoms with E-state index in [9.17, 15) is 0 Å². The van der Waals surface area contributed by atoms with Gasteiger partial charge < -0.3 is 5.32 Å². The standard InChI is InChI=1S/C10H18N4/c1-3-8(4-2)10-7-14(13-12-10)9-5-11-6-9/h7-9,11H,3-6H2,1-2H3. The summed E-state index contributed by atoms with van der Waals surface area (Å²) in [6.45, 7) is 6.48. The summed E-state index contributed by atoms with van der Waals surface area (Å²) in [6.07, 6.45) is 4.42. The van der Waals surface area contributed by atoms with Crippen molar-refractivity contribution in [3.05, 3.63) is 11.9 Å². The van der Waals surface area contributed by atoms with E-state index in [-0.39, 0.29) is 0 Å². The molecule has 0 unspecified atom stereocenters. The Balaban J connectivity index is 2.07. The molecule has 2 heterocycles. The zero-order valence-electron chi connectivity index (χ0n) is 8.90. The second-order valence-electron chi connectivity index (χ2n) is 3.95. The van der Waals surface area contributed by atoms with Gasteiger partial charge in [0.05, 0.1) is 11.7 Å². The summed E-state index contributed by atoms with van der Waals surface area (Å²) in [5.74, 6) is 0.580. The molecule has 1 aromatic heterocycles. The Morgan fingerprint density at radius 1 is 1.50 bits per heavy atom. The molecule has 0 aliphatic carbocycles. The monoisotopic (exact) mass is 194 g/mol. The first-order valence-electron chi connectivity index (χ1n) is 5.47. The normalized spacial score (nSPS) is 17.4. The molecule has 1 aliphatic heterocycles. The van der Waals surface area contributed by atoms with Gasteiger partial charge in [0.15, 0.2) is 0 Å². The van der Waals surface area contributed by atoms with Crippen LogP contribution < -0.4 is 5.32 Å². The van der Waals surface area contributed by atoms with E-state index >= 15 is 0 Å². The van der Waals surface area contributed by atoms with Gasteiger partial charge in [-0.2, -0.15) is 0 Å². The highest BCUT2D eigenvalue weighted by atomic mass is 15.4. The Labute approximate surface area is 84.7 Å². The van der Waals surface area contributed by atoms with Crippen molar-refractivity contribution in [1.82, 2.24) is 20.3 Å². The Morgan fingerprint density at radius 3 is 2.71 bits per heavy atom. The van der Waals surface area contributed by atoms with Gasteiger partial charge in [0, 0.05) is 25.2 Å². The van der Waals surface area contributed by atoms with E-state index in [1.165, 1.54) is 0 Å². The van der Waals surface area contributed by atoms with Crippen molar-refractivity contribution in [2.45, 2.75) is 38.6 Å². The third kappa shape index (κ3) is 1.66. The van der Waals surface area contributed by atoms with Gasteiger partial charge in [-0.05, 0) is 12.8 Å². The molecule has 0 saturated carbocycles. The van der Waals surface area contributed by atoms with Crippen LogP contribution in [0.2, 0.25) is 0 Å². The topological polar surface area (TPSA) is 42.7 Å². The van der Waals surface area contributed by atoms with E-state index in [1.54, 1.807) is 0 Å². The molecule has 4 heteroatoms. The van der Waals surface area contributed by atoms with Crippen LogP contribution in [0, 0.1) is 0 Å². The van der Waals surface area contributed by atoms with Crippen LogP contribution in [0.1, 0.15) is 44.3 Å². The average Bonchev–Trinajstić information content (AvgIpc) is 2.53. The van der Waals surface area contributed by atoms with Gasteiger partial charge >= 0.3 is 0 Å². The van der Waals surface area contributed by atoms with Crippen molar-refractivity contribution in [3.8, 4) is 0 Å². The molecule has 2 rings (SSSR count). The molecule has 1 aromatic rings. The van der Waals surface area contributed by atoms with Crippen molar-refractivity contribution in [1.29, 1.82) is 0 Å². The van der Waals surface area contributed by atoms with Gasteiger partial charge in [0.25, 0.3) is 0 Å². The third-order valence-electron chi connectivity index (χ3n) is 3.07. The Bertz CT molecular complexity index is 286. The molecule has 1 aliphatic rings. The lowest BCUT2D eigenvalue weighted by molar-refractivity contribution is 0.312. The summed E-state index contributed by atoms with van der Waals surface area (Å²) in [6, 6.07) is 0.533. The first kappa shape index (κ1) is 9.65. The molecule has 0 atom stereocenters. The second kappa shape index (κ2) is 4.09. The zero-order chi connectivity index (χ0) is 9.97. The van der Waals surface area contributed by atoms with Crippen molar-refractivity contribution in [2.24, 2.45) is 0 Å². The highest BCUT2D eigenvalue weighted by Crippen LogP contribution is 2.21. The Hall–Kier alpha value is -0.900. The van der Waals surface area contributed by atoms with E-state index in [1.807, 2.05) is 4.68 Å². The summed E-state index contributed by atoms with van der Waals surface area (Å²) < 4.78 is 2.00. The molecular weight excluding hydrogens is 176 g/mol. The Morgan fingerprint density at radius 2 is 2.21 bits per heavy atom. The lowest BCUT2D eigenvalue weighted by Crippen LogP contribution is -2.43. The van der Waals surface area contributed by atoms with Crippen LogP contribution in [0.25, 0.3) is 0 Å². The van der Waals surface area contributed by atoms with Crippen LogP contribution >= 0.6 is 0 Å². The minimum atomic E-state index is 0.533. The van der Waals surface area contributed by atoms with Crippen LogP contribution in [-0.2, 0) is 0 Å². The van der Waals surface area contributed by atoms with E-state index in [4.69, 9.17) is 0 Å². The van der Waals surface area contributed by atoms with Gasteiger partial charge in [-0.1, -0.05) is 19.1 Å². The zero-order valence-corrected chi connectivity index (χ0v) is 8.90. The highest BCUT2D eigenvalue weighted by molar-refractivity contribution is 5.02. The van der Waals surface area contributed by atoms with Crippen LogP contribution in [0.5, 0.6) is 0 Å². The fraction of sp³-hybridized carbons (Fsp3) is 0.800. The van der Waals surface area contributed by atoms with Gasteiger partial charge in [-0.15, -0.1) is 5.10 Å². The first-order valence-corrected chi connectivity index (χ1v) is 5.47. The smallest absolute Gasteiger partial charge is 0.0857 e. The third-order valence-corrected chi connectivity index (χ3v) is 3.07. The molecule has 14 heavy (non-hydrogen) atoms. The van der Waals surface area contributed by atoms with Gasteiger partial charge in [-0.3, -0.25) is 0 Å². The summed E-state index contributed by atoms with van der Waals surface area (Å²) in [7, 11) is 0. The fourth-order valence-electron chi connectivity index (χ4n) is 1.82. The maximum Gasteiger partial charge on any atom is 0.0857 e. The average molecular weight is 194 g/mol. The summed E-state index contributed by atoms with van der Waals surface area (Å²) in [5, 5.41) is 11.7. The largest absolute Gasteiger partial charge is 0.312 e. The maximum absolute atomic E-state index is 4.25. The van der Waals surface area contributed by atoms with Crippen molar-refractivity contribution < 1.29 is 0 Å². The van der Waals surface area contributed by atoms with Gasteiger partial charge in [-0.25, -0.2) is 4.68 Å². The summed E-state index contributed by atoms with van der Waals surface area (Å²) >= 11 is 0. The molecule has 0 spiro atoms. The van der Waals surface area contributed by atoms with E-state index < -0.39 is 0 Å². The molecule has 0 bridgehead atoms. The molecule has 1 saturated heterocycles. The number of hydrogen-bond acceptors (Lipinski definition) is 3. The van der Waals surface area contributed by atoms with Gasteiger partial charge in [0.2, 0.25) is 0 Å². The van der Waals surface area contributed by atoms with Crippen molar-refractivity contribution in [2.75, 3.05) is 13.1 Å². The molecule has 0 aromatic carbocycles. The van der Waals surface area contributed by atoms with Crippen LogP contribution in [0.3, 0.4) is 0 Å². The number of rotatable bonds is 4. The molecule has 0 radical (unpaired) electrons.